The highest BCUT2D eigenvalue weighted by Gasteiger charge is 2.42. The highest BCUT2D eigenvalue weighted by molar-refractivity contribution is 6.18. The lowest BCUT2D eigenvalue weighted by atomic mass is 10.00. The van der Waals surface area contributed by atoms with Crippen LogP contribution in [0.2, 0.25) is 0 Å². The number of nitrogens with one attached hydrogen (secondary N) is 2. The van der Waals surface area contributed by atoms with Gasteiger partial charge in [0.25, 0.3) is 5.56 Å². The Labute approximate surface area is 286 Å². The number of anilines is 2. The first-order chi connectivity index (χ1) is 24.0. The lowest BCUT2D eigenvalue weighted by molar-refractivity contribution is -0.147. The topological polar surface area (TPSA) is 147 Å². The zero-order valence-corrected chi connectivity index (χ0v) is 28.3. The van der Waals surface area contributed by atoms with Gasteiger partial charge < -0.3 is 35.3 Å². The van der Waals surface area contributed by atoms with E-state index in [1.807, 2.05) is 6.07 Å². The number of H-pyrrole nitrogens is 1. The van der Waals surface area contributed by atoms with Gasteiger partial charge in [-0.25, -0.2) is 18.6 Å². The van der Waals surface area contributed by atoms with Crippen molar-refractivity contribution < 1.29 is 27.8 Å². The minimum Gasteiger partial charge on any atom is -0.461 e. The molecule has 2 unspecified atom stereocenters. The Balaban J connectivity index is 1.31. The van der Waals surface area contributed by atoms with Crippen molar-refractivity contribution in [2.75, 3.05) is 57.2 Å². The van der Waals surface area contributed by atoms with Gasteiger partial charge in [0.1, 0.15) is 30.5 Å². The van der Waals surface area contributed by atoms with Crippen molar-refractivity contribution in [2.24, 2.45) is 17.6 Å². The van der Waals surface area contributed by atoms with E-state index in [-0.39, 0.29) is 36.1 Å². The average Bonchev–Trinajstić information content (AvgIpc) is 3.79. The third kappa shape index (κ3) is 5.61. The summed E-state index contributed by atoms with van der Waals surface area (Å²) in [6, 6.07) is 7.08. The van der Waals surface area contributed by atoms with Crippen LogP contribution in [0, 0.1) is 23.5 Å². The first-order valence-corrected chi connectivity index (χ1v) is 16.7. The molecule has 4 aromatic heterocycles. The molecule has 0 spiro atoms. The van der Waals surface area contributed by atoms with Crippen LogP contribution in [-0.2, 0) is 14.3 Å². The van der Waals surface area contributed by atoms with E-state index >= 15 is 8.78 Å². The quantitative estimate of drug-likeness (QED) is 0.153. The number of benzene rings is 1. The van der Waals surface area contributed by atoms with E-state index < -0.39 is 35.2 Å². The Morgan fingerprint density at radius 2 is 1.88 bits per heavy atom. The van der Waals surface area contributed by atoms with Gasteiger partial charge in [0.2, 0.25) is 0 Å². The summed E-state index contributed by atoms with van der Waals surface area (Å²) in [5.74, 6) is -3.13. The van der Waals surface area contributed by atoms with Crippen LogP contribution in [0.5, 0.6) is 0 Å². The SMILES string of the molecule is CNc1cc(F)c(F)c2c1[nH]c1ncc(-c3ccc4ccc(C(=O)OCCOC(=O)C(N)C(C)C)c(=O)n4c3)c(N3CC[C@H]4CN(C)CC43)c12. The number of hydrogen-bond acceptors (Lipinski definition) is 10. The Kier molecular flexibility index (Phi) is 8.68. The van der Waals surface area contributed by atoms with Crippen molar-refractivity contribution in [1.29, 1.82) is 0 Å². The molecule has 5 aromatic rings. The van der Waals surface area contributed by atoms with Gasteiger partial charge in [0.15, 0.2) is 11.6 Å². The van der Waals surface area contributed by atoms with Gasteiger partial charge >= 0.3 is 11.9 Å². The van der Waals surface area contributed by atoms with E-state index in [1.165, 1.54) is 10.5 Å². The molecule has 3 atom stereocenters. The molecule has 12 nitrogen and oxygen atoms in total. The molecule has 0 bridgehead atoms. The summed E-state index contributed by atoms with van der Waals surface area (Å²) in [7, 11) is 3.72. The van der Waals surface area contributed by atoms with Gasteiger partial charge in [-0.1, -0.05) is 19.9 Å². The fourth-order valence-electron chi connectivity index (χ4n) is 7.33. The summed E-state index contributed by atoms with van der Waals surface area (Å²) in [5, 5.41) is 3.52. The molecule has 14 heteroatoms. The number of carbonyl (C=O) groups excluding carboxylic acids is 2. The van der Waals surface area contributed by atoms with Crippen molar-refractivity contribution in [3.8, 4) is 11.1 Å². The van der Waals surface area contributed by atoms with Crippen LogP contribution in [0.25, 0.3) is 38.6 Å². The predicted molar refractivity (Wildman–Crippen MR) is 187 cm³/mol. The van der Waals surface area contributed by atoms with Crippen molar-refractivity contribution in [1.82, 2.24) is 19.3 Å². The second-order valence-electron chi connectivity index (χ2n) is 13.5. The second kappa shape index (κ2) is 13.0. The third-order valence-corrected chi connectivity index (χ3v) is 9.98. The standard InChI is InChI=1S/C36H39F2N7O5/c1-18(2)30(39)36(48)50-12-11-49-35(47)22-8-7-21-6-5-19(16-45(21)34(22)46)23-14-41-33-28(27-29(38)24(37)13-25(40-3)31(27)42-33)32(23)44-10-9-20-15-43(4)17-26(20)44/h5-8,13-14,16,18,20,26,30,40H,9-12,15,17,39H2,1-4H3,(H,41,42)/t20-,26?,30?/m0/s1. The number of likely N-dealkylation sites (tertiary alicyclic amines) is 1. The maximum atomic E-state index is 15.8. The van der Waals surface area contributed by atoms with Crippen LogP contribution in [0.4, 0.5) is 20.2 Å². The summed E-state index contributed by atoms with van der Waals surface area (Å²) in [4.78, 5) is 51.1. The van der Waals surface area contributed by atoms with Crippen LogP contribution >= 0.6 is 0 Å². The van der Waals surface area contributed by atoms with Crippen molar-refractivity contribution in [3.05, 3.63) is 70.3 Å². The molecule has 0 radical (unpaired) electrons. The fraction of sp³-hybridized carbons (Fsp3) is 0.389. The molecular formula is C36H39F2N7O5. The van der Waals surface area contributed by atoms with Gasteiger partial charge in [0.05, 0.1) is 27.7 Å². The van der Waals surface area contributed by atoms with Crippen LogP contribution in [0.1, 0.15) is 30.6 Å². The normalized spacial score (nSPS) is 18.4. The average molecular weight is 688 g/mol. The molecular weight excluding hydrogens is 648 g/mol. The van der Waals surface area contributed by atoms with Gasteiger partial charge in [-0.05, 0) is 43.5 Å². The van der Waals surface area contributed by atoms with E-state index in [1.54, 1.807) is 45.4 Å². The minimum atomic E-state index is -0.979. The molecule has 1 aromatic carbocycles. The van der Waals surface area contributed by atoms with Crippen LogP contribution in [-0.4, -0.2) is 90.2 Å². The number of aromatic nitrogens is 3. The zero-order chi connectivity index (χ0) is 35.4. The number of rotatable bonds is 9. The number of ether oxygens (including phenoxy) is 2. The van der Waals surface area contributed by atoms with Gasteiger partial charge in [-0.3, -0.25) is 14.0 Å². The van der Waals surface area contributed by atoms with E-state index in [9.17, 15) is 14.4 Å². The first kappa shape index (κ1) is 33.4. The molecule has 4 N–H and O–H groups in total. The smallest absolute Gasteiger partial charge is 0.343 e. The van der Waals surface area contributed by atoms with Crippen LogP contribution in [0.15, 0.2) is 47.5 Å². The number of esters is 2. The predicted octanol–water partition coefficient (Wildman–Crippen LogP) is 4.14. The molecule has 7 rings (SSSR count). The number of aromatic amines is 1. The number of hydrogen-bond donors (Lipinski definition) is 3. The van der Waals surface area contributed by atoms with Crippen molar-refractivity contribution >= 4 is 50.8 Å². The third-order valence-electron chi connectivity index (χ3n) is 9.98. The Morgan fingerprint density at radius 1 is 1.12 bits per heavy atom. The highest BCUT2D eigenvalue weighted by Crippen LogP contribution is 2.46. The monoisotopic (exact) mass is 687 g/mol. The van der Waals surface area contributed by atoms with Crippen molar-refractivity contribution in [3.63, 3.8) is 0 Å². The molecule has 2 saturated heterocycles. The number of nitrogens with zero attached hydrogens (tertiary/aromatic N) is 4. The number of nitrogens with two attached hydrogens (primary N) is 1. The summed E-state index contributed by atoms with van der Waals surface area (Å²) < 4.78 is 42.6. The number of likely N-dealkylation sites (N-methyl/N-ethyl adjacent to an activating group) is 1. The Morgan fingerprint density at radius 3 is 2.64 bits per heavy atom. The number of fused-ring (bicyclic) bond motifs is 5. The molecule has 6 heterocycles. The Hall–Kier alpha value is -5.08. The second-order valence-corrected chi connectivity index (χ2v) is 13.5. The molecule has 0 amide bonds. The maximum absolute atomic E-state index is 15.8. The molecule has 0 aliphatic carbocycles. The van der Waals surface area contributed by atoms with Gasteiger partial charge in [-0.15, -0.1) is 0 Å². The Bertz CT molecular complexity index is 2220. The molecule has 262 valence electrons. The number of halogens is 2. The van der Waals surface area contributed by atoms with Crippen molar-refractivity contribution in [2.45, 2.75) is 32.4 Å². The molecule has 0 saturated carbocycles. The van der Waals surface area contributed by atoms with Gasteiger partial charge in [-0.2, -0.15) is 0 Å². The summed E-state index contributed by atoms with van der Waals surface area (Å²) in [5.41, 5.74) is 8.65. The van der Waals surface area contributed by atoms with E-state index in [0.717, 1.165) is 25.6 Å². The molecule has 2 aliphatic rings. The largest absolute Gasteiger partial charge is 0.461 e. The fourth-order valence-corrected chi connectivity index (χ4v) is 7.33. The first-order valence-electron chi connectivity index (χ1n) is 16.7. The maximum Gasteiger partial charge on any atom is 0.343 e. The summed E-state index contributed by atoms with van der Waals surface area (Å²) in [6.45, 7) is 5.57. The van der Waals surface area contributed by atoms with E-state index in [0.29, 0.717) is 57.0 Å². The van der Waals surface area contributed by atoms with E-state index in [4.69, 9.17) is 15.2 Å². The number of carbonyl (C=O) groups is 2. The minimum absolute atomic E-state index is 0.100. The molecule has 2 fully saturated rings. The lowest BCUT2D eigenvalue weighted by Gasteiger charge is -2.29. The molecule has 2 aliphatic heterocycles. The lowest BCUT2D eigenvalue weighted by Crippen LogP contribution is -2.37. The van der Waals surface area contributed by atoms with E-state index in [2.05, 4.69) is 32.1 Å². The van der Waals surface area contributed by atoms with Crippen LogP contribution in [0.3, 0.4) is 0 Å². The van der Waals surface area contributed by atoms with Crippen LogP contribution < -0.4 is 21.5 Å². The summed E-state index contributed by atoms with van der Waals surface area (Å²) >= 11 is 0. The van der Waals surface area contributed by atoms with Gasteiger partial charge in [0, 0.05) is 67.8 Å². The number of pyridine rings is 3. The zero-order valence-electron chi connectivity index (χ0n) is 28.3. The summed E-state index contributed by atoms with van der Waals surface area (Å²) in [6.07, 6.45) is 4.24. The molecule has 50 heavy (non-hydrogen) atoms. The highest BCUT2D eigenvalue weighted by atomic mass is 19.2.